The minimum absolute atomic E-state index is 0.00533. The van der Waals surface area contributed by atoms with Crippen molar-refractivity contribution in [1.29, 1.82) is 0 Å². The van der Waals surface area contributed by atoms with Crippen molar-refractivity contribution in [2.75, 3.05) is 5.75 Å². The van der Waals surface area contributed by atoms with Gasteiger partial charge in [-0.3, -0.25) is 4.79 Å². The van der Waals surface area contributed by atoms with Gasteiger partial charge >= 0.3 is 6.09 Å². The van der Waals surface area contributed by atoms with Crippen LogP contribution in [0, 0.1) is 0 Å². The summed E-state index contributed by atoms with van der Waals surface area (Å²) >= 11 is 2.48. The number of nitrogens with two attached hydrogens (primary N) is 1. The highest BCUT2D eigenvalue weighted by Gasteiger charge is 2.26. The van der Waals surface area contributed by atoms with Crippen molar-refractivity contribution in [1.82, 2.24) is 14.8 Å². The fourth-order valence-electron chi connectivity index (χ4n) is 1.54. The first-order valence-electron chi connectivity index (χ1n) is 6.41. The molecule has 22 heavy (non-hydrogen) atoms. The fraction of sp³-hybridized carbons (Fsp3) is 0.385. The Hall–Kier alpha value is -1.87. The van der Waals surface area contributed by atoms with E-state index in [9.17, 15) is 9.59 Å². The van der Waals surface area contributed by atoms with Crippen molar-refractivity contribution >= 4 is 35.1 Å². The maximum absolute atomic E-state index is 12.4. The lowest BCUT2D eigenvalue weighted by atomic mass is 10.2. The molecular weight excluding hydrogens is 324 g/mol. The van der Waals surface area contributed by atoms with Crippen molar-refractivity contribution in [2.45, 2.75) is 31.5 Å². The second-order valence-corrected chi connectivity index (χ2v) is 7.24. The molecule has 118 valence electrons. The van der Waals surface area contributed by atoms with Gasteiger partial charge < -0.3 is 10.5 Å². The summed E-state index contributed by atoms with van der Waals surface area (Å²) in [5.74, 6) is -0.108. The number of hydrogen-bond acceptors (Lipinski definition) is 7. The highest BCUT2D eigenvalue weighted by Crippen LogP contribution is 2.28. The first kappa shape index (κ1) is 16.5. The Morgan fingerprint density at radius 3 is 2.68 bits per heavy atom. The van der Waals surface area contributed by atoms with Crippen molar-refractivity contribution < 1.29 is 14.3 Å². The van der Waals surface area contributed by atoms with Crippen LogP contribution in [0.2, 0.25) is 0 Å². The largest absolute Gasteiger partial charge is 0.443 e. The van der Waals surface area contributed by atoms with E-state index in [1.165, 1.54) is 15.9 Å². The van der Waals surface area contributed by atoms with Crippen molar-refractivity contribution in [3.05, 3.63) is 17.5 Å². The van der Waals surface area contributed by atoms with E-state index in [0.29, 0.717) is 5.82 Å². The predicted octanol–water partition coefficient (Wildman–Crippen LogP) is 2.37. The van der Waals surface area contributed by atoms with E-state index in [0.717, 1.165) is 16.6 Å². The third kappa shape index (κ3) is 4.08. The maximum Gasteiger partial charge on any atom is 0.422 e. The molecule has 0 aliphatic carbocycles. The molecule has 2 aromatic rings. The van der Waals surface area contributed by atoms with Crippen molar-refractivity contribution in [3.63, 3.8) is 0 Å². The van der Waals surface area contributed by atoms with Gasteiger partial charge in [0.2, 0.25) is 11.1 Å². The van der Waals surface area contributed by atoms with Gasteiger partial charge in [-0.05, 0) is 32.2 Å². The number of thiophene rings is 1. The average molecular weight is 340 g/mol. The monoisotopic (exact) mass is 340 g/mol. The molecule has 0 aromatic carbocycles. The Morgan fingerprint density at radius 2 is 2.14 bits per heavy atom. The molecule has 0 fully saturated rings. The van der Waals surface area contributed by atoms with Gasteiger partial charge in [0.05, 0.1) is 10.6 Å². The van der Waals surface area contributed by atoms with Crippen molar-refractivity contribution in [2.24, 2.45) is 5.73 Å². The zero-order valence-corrected chi connectivity index (χ0v) is 14.0. The van der Waals surface area contributed by atoms with Gasteiger partial charge in [-0.25, -0.2) is 9.36 Å². The molecular formula is C13H16N4O3S2. The number of amides is 1. The Balaban J connectivity index is 2.39. The molecule has 0 aliphatic rings. The normalized spacial score (nSPS) is 11.4. The third-order valence-corrected chi connectivity index (χ3v) is 4.11. The van der Waals surface area contributed by atoms with Gasteiger partial charge in [-0.1, -0.05) is 17.8 Å². The highest BCUT2D eigenvalue weighted by molar-refractivity contribution is 7.99. The number of aromatic nitrogens is 3. The van der Waals surface area contributed by atoms with Crippen LogP contribution in [0.4, 0.5) is 4.79 Å². The van der Waals surface area contributed by atoms with E-state index >= 15 is 0 Å². The van der Waals surface area contributed by atoms with Gasteiger partial charge in [0.25, 0.3) is 0 Å². The number of ether oxygens (including phenoxy) is 1. The summed E-state index contributed by atoms with van der Waals surface area (Å²) in [5.41, 5.74) is 4.49. The molecule has 2 aromatic heterocycles. The molecule has 1 amide bonds. The summed E-state index contributed by atoms with van der Waals surface area (Å²) in [6.07, 6.45) is -0.590. The first-order chi connectivity index (χ1) is 10.3. The van der Waals surface area contributed by atoms with E-state index in [1.807, 2.05) is 17.5 Å². The molecule has 0 bridgehead atoms. The minimum atomic E-state index is -0.653. The molecule has 0 aliphatic heterocycles. The number of carbonyl (C=O) groups excluding carboxylic acids is 2. The molecule has 0 saturated carbocycles. The Bertz CT molecular complexity index is 674. The average Bonchev–Trinajstić information content (AvgIpc) is 3.02. The quantitative estimate of drug-likeness (QED) is 0.858. The molecule has 7 nitrogen and oxygen atoms in total. The molecule has 2 rings (SSSR count). The van der Waals surface area contributed by atoms with E-state index < -0.39 is 17.6 Å². The number of nitrogens with zero attached hydrogens (tertiary/aromatic N) is 3. The van der Waals surface area contributed by atoms with Crippen molar-refractivity contribution in [3.8, 4) is 10.7 Å². The minimum Gasteiger partial charge on any atom is -0.443 e. The second kappa shape index (κ2) is 6.49. The van der Waals surface area contributed by atoms with Gasteiger partial charge in [0.15, 0.2) is 5.82 Å². The lowest BCUT2D eigenvalue weighted by Crippen LogP contribution is -2.28. The molecule has 0 spiro atoms. The van der Waals surface area contributed by atoms with Crippen LogP contribution in [0.5, 0.6) is 0 Å². The zero-order chi connectivity index (χ0) is 16.3. The number of primary amides is 1. The topological polar surface area (TPSA) is 100 Å². The number of carbonyl (C=O) groups is 2. The Morgan fingerprint density at radius 1 is 1.41 bits per heavy atom. The standard InChI is InChI=1S/C13H16N4O3S2/c1-13(2,3)20-12(19)17-10(8-5-4-6-21-8)15-16-11(17)22-7-9(14)18/h4-6H,7H2,1-3H3,(H2,14,18). The second-order valence-electron chi connectivity index (χ2n) is 5.35. The molecule has 0 radical (unpaired) electrons. The molecule has 2 heterocycles. The van der Waals surface area contributed by atoms with Gasteiger partial charge in [-0.15, -0.1) is 21.5 Å². The van der Waals surface area contributed by atoms with Gasteiger partial charge in [0.1, 0.15) is 5.60 Å². The van der Waals surface area contributed by atoms with E-state index in [4.69, 9.17) is 10.5 Å². The van der Waals surface area contributed by atoms with E-state index in [-0.39, 0.29) is 10.9 Å². The number of rotatable bonds is 4. The van der Waals surface area contributed by atoms with Gasteiger partial charge in [-0.2, -0.15) is 0 Å². The Kier molecular flexibility index (Phi) is 4.87. The van der Waals surface area contributed by atoms with Crippen LogP contribution < -0.4 is 5.73 Å². The summed E-state index contributed by atoms with van der Waals surface area (Å²) in [6.45, 7) is 5.32. The fourth-order valence-corrected chi connectivity index (χ4v) is 2.90. The van der Waals surface area contributed by atoms with Crippen LogP contribution in [0.25, 0.3) is 10.7 Å². The third-order valence-electron chi connectivity index (χ3n) is 2.29. The molecule has 0 atom stereocenters. The van der Waals surface area contributed by atoms with E-state index in [1.54, 1.807) is 20.8 Å². The lowest BCUT2D eigenvalue weighted by Gasteiger charge is -2.20. The smallest absolute Gasteiger partial charge is 0.422 e. The van der Waals surface area contributed by atoms with Crippen LogP contribution in [0.1, 0.15) is 20.8 Å². The van der Waals surface area contributed by atoms with Crippen LogP contribution in [-0.4, -0.2) is 38.1 Å². The summed E-state index contributed by atoms with van der Waals surface area (Å²) in [4.78, 5) is 24.2. The summed E-state index contributed by atoms with van der Waals surface area (Å²) in [6, 6.07) is 3.68. The Labute approximate surface area is 135 Å². The van der Waals surface area contributed by atoms with Crippen LogP contribution in [-0.2, 0) is 9.53 Å². The SMILES string of the molecule is CC(C)(C)OC(=O)n1c(SCC(N)=O)nnc1-c1cccs1. The summed E-state index contributed by atoms with van der Waals surface area (Å²) < 4.78 is 6.66. The molecule has 0 unspecified atom stereocenters. The van der Waals surface area contributed by atoms with Gasteiger partial charge in [0, 0.05) is 0 Å². The lowest BCUT2D eigenvalue weighted by molar-refractivity contribution is -0.115. The van der Waals surface area contributed by atoms with Crippen LogP contribution in [0.15, 0.2) is 22.7 Å². The summed E-state index contributed by atoms with van der Waals surface area (Å²) in [7, 11) is 0. The molecule has 2 N–H and O–H groups in total. The molecule has 9 heteroatoms. The maximum atomic E-state index is 12.4. The molecule has 0 saturated heterocycles. The number of hydrogen-bond donors (Lipinski definition) is 1. The van der Waals surface area contributed by atoms with E-state index in [2.05, 4.69) is 10.2 Å². The highest BCUT2D eigenvalue weighted by atomic mass is 32.2. The predicted molar refractivity (Wildman–Crippen MR) is 84.9 cm³/mol. The first-order valence-corrected chi connectivity index (χ1v) is 8.28. The van der Waals surface area contributed by atoms with Crippen LogP contribution in [0.3, 0.4) is 0 Å². The summed E-state index contributed by atoms with van der Waals surface area (Å²) in [5, 5.41) is 10.2. The van der Waals surface area contributed by atoms with Crippen LogP contribution >= 0.6 is 23.1 Å². The number of thioether (sulfide) groups is 1. The zero-order valence-electron chi connectivity index (χ0n) is 12.4.